The highest BCUT2D eigenvalue weighted by Gasteiger charge is 2.42. The fourth-order valence-electron chi connectivity index (χ4n) is 2.25. The van der Waals surface area contributed by atoms with Crippen LogP contribution in [0.25, 0.3) is 0 Å². The van der Waals surface area contributed by atoms with Gasteiger partial charge in [-0.25, -0.2) is 4.79 Å². The van der Waals surface area contributed by atoms with Crippen LogP contribution in [0.5, 0.6) is 0 Å². The summed E-state index contributed by atoms with van der Waals surface area (Å²) in [7, 11) is 0. The normalized spacial score (nSPS) is 27.4. The number of hydrogen-bond acceptors (Lipinski definition) is 4. The summed E-state index contributed by atoms with van der Waals surface area (Å²) < 4.78 is 10.6. The van der Waals surface area contributed by atoms with Gasteiger partial charge in [0.05, 0.1) is 6.10 Å². The van der Waals surface area contributed by atoms with Crippen LogP contribution >= 0.6 is 0 Å². The lowest BCUT2D eigenvalue weighted by Gasteiger charge is -2.33. The fraction of sp³-hybridized carbons (Fsp3) is 0.846. The molecule has 3 unspecified atom stereocenters. The van der Waals surface area contributed by atoms with Gasteiger partial charge in [0.1, 0.15) is 17.4 Å². The first kappa shape index (κ1) is 15.0. The van der Waals surface area contributed by atoms with E-state index in [1.54, 1.807) is 27.7 Å². The van der Waals surface area contributed by atoms with Crippen LogP contribution in [-0.2, 0) is 14.3 Å². The third kappa shape index (κ3) is 3.70. The van der Waals surface area contributed by atoms with E-state index in [0.29, 0.717) is 6.61 Å². The molecule has 0 saturated carbocycles. The number of carbonyl (C=O) groups is 2. The molecular weight excluding hydrogens is 234 g/mol. The van der Waals surface area contributed by atoms with E-state index in [1.165, 1.54) is 0 Å². The van der Waals surface area contributed by atoms with Crippen molar-refractivity contribution in [2.45, 2.75) is 58.3 Å². The number of amides is 1. The molecule has 0 aromatic heterocycles. The highest BCUT2D eigenvalue weighted by molar-refractivity contribution is 5.76. The van der Waals surface area contributed by atoms with Crippen LogP contribution in [0.15, 0.2) is 0 Å². The first-order chi connectivity index (χ1) is 8.18. The summed E-state index contributed by atoms with van der Waals surface area (Å²) in [4.78, 5) is 23.1. The predicted octanol–water partition coefficient (Wildman–Crippen LogP) is 1.89. The summed E-state index contributed by atoms with van der Waals surface area (Å²) in [6, 6.07) is 0. The summed E-state index contributed by atoms with van der Waals surface area (Å²) in [5.41, 5.74) is -1.52. The smallest absolute Gasteiger partial charge is 0.408 e. The second-order valence-electron chi connectivity index (χ2n) is 6.00. The van der Waals surface area contributed by atoms with Gasteiger partial charge in [0.15, 0.2) is 0 Å². The number of rotatable bonds is 3. The molecule has 0 aromatic rings. The Bertz CT molecular complexity index is 323. The zero-order valence-electron chi connectivity index (χ0n) is 11.8. The van der Waals surface area contributed by atoms with Crippen molar-refractivity contribution < 1.29 is 19.1 Å². The molecule has 1 amide bonds. The number of ether oxygens (including phenoxy) is 2. The van der Waals surface area contributed by atoms with E-state index in [4.69, 9.17) is 9.47 Å². The first-order valence-corrected chi connectivity index (χ1v) is 6.27. The Balaban J connectivity index is 2.71. The van der Waals surface area contributed by atoms with Gasteiger partial charge in [-0.3, -0.25) is 0 Å². The molecule has 1 heterocycles. The Kier molecular flexibility index (Phi) is 4.37. The van der Waals surface area contributed by atoms with E-state index in [9.17, 15) is 9.59 Å². The molecule has 1 fully saturated rings. The summed E-state index contributed by atoms with van der Waals surface area (Å²) in [5.74, 6) is -0.0254. The van der Waals surface area contributed by atoms with Crippen molar-refractivity contribution in [3.05, 3.63) is 0 Å². The monoisotopic (exact) mass is 257 g/mol. The summed E-state index contributed by atoms with van der Waals surface area (Å²) in [5, 5.41) is 2.66. The summed E-state index contributed by atoms with van der Waals surface area (Å²) >= 11 is 0. The molecule has 0 radical (unpaired) electrons. The molecule has 5 nitrogen and oxygen atoms in total. The van der Waals surface area contributed by atoms with Crippen LogP contribution < -0.4 is 5.32 Å². The lowest BCUT2D eigenvalue weighted by molar-refractivity contribution is -0.115. The van der Waals surface area contributed by atoms with Crippen molar-refractivity contribution in [2.24, 2.45) is 5.92 Å². The minimum absolute atomic E-state index is 0.0254. The Morgan fingerprint density at radius 2 is 2.00 bits per heavy atom. The molecule has 1 aliphatic heterocycles. The topological polar surface area (TPSA) is 64.6 Å². The first-order valence-electron chi connectivity index (χ1n) is 6.27. The number of alkyl carbamates (subject to hydrolysis) is 1. The average Bonchev–Trinajstić information content (AvgIpc) is 2.61. The Morgan fingerprint density at radius 1 is 1.39 bits per heavy atom. The Morgan fingerprint density at radius 3 is 2.39 bits per heavy atom. The van der Waals surface area contributed by atoms with Gasteiger partial charge in [0.2, 0.25) is 0 Å². The molecule has 1 saturated heterocycles. The van der Waals surface area contributed by atoms with Gasteiger partial charge in [-0.05, 0) is 41.0 Å². The summed E-state index contributed by atoms with van der Waals surface area (Å²) in [6.07, 6.45) is 0.908. The van der Waals surface area contributed by atoms with E-state index >= 15 is 0 Å². The van der Waals surface area contributed by atoms with Gasteiger partial charge in [0.25, 0.3) is 0 Å². The van der Waals surface area contributed by atoms with Gasteiger partial charge >= 0.3 is 6.09 Å². The van der Waals surface area contributed by atoms with Crippen molar-refractivity contribution in [1.29, 1.82) is 0 Å². The van der Waals surface area contributed by atoms with Gasteiger partial charge in [-0.15, -0.1) is 0 Å². The Labute approximate surface area is 108 Å². The molecule has 0 aromatic carbocycles. The van der Waals surface area contributed by atoms with E-state index in [0.717, 1.165) is 12.7 Å². The van der Waals surface area contributed by atoms with Crippen molar-refractivity contribution >= 4 is 12.4 Å². The molecular formula is C13H23NO4. The van der Waals surface area contributed by atoms with E-state index in [2.05, 4.69) is 5.32 Å². The lowest BCUT2D eigenvalue weighted by atomic mass is 9.82. The van der Waals surface area contributed by atoms with Crippen LogP contribution in [0.2, 0.25) is 0 Å². The van der Waals surface area contributed by atoms with Crippen molar-refractivity contribution in [1.82, 2.24) is 5.32 Å². The zero-order chi connectivity index (χ0) is 14.0. The van der Waals surface area contributed by atoms with Gasteiger partial charge in [-0.2, -0.15) is 0 Å². The molecule has 5 heteroatoms. The van der Waals surface area contributed by atoms with Gasteiger partial charge in [0, 0.05) is 12.5 Å². The highest BCUT2D eigenvalue weighted by Crippen LogP contribution is 2.30. The van der Waals surface area contributed by atoms with Gasteiger partial charge < -0.3 is 19.6 Å². The second-order valence-corrected chi connectivity index (χ2v) is 6.00. The summed E-state index contributed by atoms with van der Waals surface area (Å²) in [6.45, 7) is 9.59. The van der Waals surface area contributed by atoms with Crippen LogP contribution in [-0.4, -0.2) is 36.2 Å². The quantitative estimate of drug-likeness (QED) is 0.784. The minimum atomic E-state index is -0.946. The standard InChI is InChI=1S/C13H23NO4/c1-9-10(6-7-17-9)13(5,8-15)14-11(16)18-12(2,3)4/h8-10H,6-7H2,1-5H3,(H,14,16). The molecule has 0 aliphatic carbocycles. The van der Waals surface area contributed by atoms with Crippen molar-refractivity contribution in [3.8, 4) is 0 Å². The van der Waals surface area contributed by atoms with Crippen LogP contribution in [0.1, 0.15) is 41.0 Å². The predicted molar refractivity (Wildman–Crippen MR) is 67.4 cm³/mol. The number of aldehydes is 1. The molecule has 3 atom stereocenters. The third-order valence-electron chi connectivity index (χ3n) is 3.16. The number of hydrogen-bond donors (Lipinski definition) is 1. The van der Waals surface area contributed by atoms with Crippen LogP contribution in [0.3, 0.4) is 0 Å². The van der Waals surface area contributed by atoms with E-state index in [-0.39, 0.29) is 12.0 Å². The van der Waals surface area contributed by atoms with Crippen LogP contribution in [0.4, 0.5) is 4.79 Å². The fourth-order valence-corrected chi connectivity index (χ4v) is 2.25. The minimum Gasteiger partial charge on any atom is -0.444 e. The van der Waals surface area contributed by atoms with E-state index < -0.39 is 17.2 Å². The SMILES string of the molecule is CC1OCCC1C(C)(C=O)NC(=O)OC(C)(C)C. The maximum atomic E-state index is 11.8. The van der Waals surface area contributed by atoms with Gasteiger partial charge in [-0.1, -0.05) is 0 Å². The van der Waals surface area contributed by atoms with Crippen LogP contribution in [0, 0.1) is 5.92 Å². The molecule has 104 valence electrons. The molecule has 1 N–H and O–H groups in total. The maximum Gasteiger partial charge on any atom is 0.408 e. The third-order valence-corrected chi connectivity index (χ3v) is 3.16. The second kappa shape index (κ2) is 5.26. The zero-order valence-corrected chi connectivity index (χ0v) is 11.8. The largest absolute Gasteiger partial charge is 0.444 e. The molecule has 1 rings (SSSR count). The van der Waals surface area contributed by atoms with Crippen molar-refractivity contribution in [3.63, 3.8) is 0 Å². The molecule has 18 heavy (non-hydrogen) atoms. The highest BCUT2D eigenvalue weighted by atomic mass is 16.6. The number of carbonyl (C=O) groups excluding carboxylic acids is 2. The van der Waals surface area contributed by atoms with E-state index in [1.807, 2.05) is 6.92 Å². The lowest BCUT2D eigenvalue weighted by Crippen LogP contribution is -2.55. The molecule has 0 bridgehead atoms. The molecule has 0 spiro atoms. The number of nitrogens with one attached hydrogen (secondary N) is 1. The van der Waals surface area contributed by atoms with Crippen molar-refractivity contribution in [2.75, 3.05) is 6.61 Å². The average molecular weight is 257 g/mol. The maximum absolute atomic E-state index is 11.8. The molecule has 1 aliphatic rings. The Hall–Kier alpha value is -1.10.